The van der Waals surface area contributed by atoms with Crippen molar-refractivity contribution in [1.29, 1.82) is 0 Å². The Morgan fingerprint density at radius 3 is 2.50 bits per heavy atom. The van der Waals surface area contributed by atoms with E-state index in [0.717, 1.165) is 0 Å². The minimum absolute atomic E-state index is 0.203. The molecule has 3 N–H and O–H groups in total. The van der Waals surface area contributed by atoms with Gasteiger partial charge in [0.25, 0.3) is 0 Å². The standard InChI is InChI=1S/C7H11NO4.C2H5NO/c1-4-2-5(8-11)7(10)6(3-9)12-4;1-2(3)4/h3-7,10H,2H2,1H3;1H3,(H2,3,4)/t4?,5-,6-,7-;/m1./s1. The average molecular weight is 232 g/mol. The van der Waals surface area contributed by atoms with Gasteiger partial charge in [-0.1, -0.05) is 5.18 Å². The molecule has 0 aromatic rings. The van der Waals surface area contributed by atoms with Gasteiger partial charge in [0.2, 0.25) is 5.91 Å². The molecule has 7 heteroatoms. The number of aliphatic hydroxyl groups excluding tert-OH is 1. The van der Waals surface area contributed by atoms with Crippen molar-refractivity contribution >= 4 is 12.2 Å². The van der Waals surface area contributed by atoms with Crippen LogP contribution in [-0.4, -0.2) is 41.7 Å². The Morgan fingerprint density at radius 1 is 1.62 bits per heavy atom. The first-order chi connectivity index (χ1) is 7.42. The zero-order valence-electron chi connectivity index (χ0n) is 9.20. The van der Waals surface area contributed by atoms with E-state index in [2.05, 4.69) is 10.9 Å². The van der Waals surface area contributed by atoms with E-state index in [1.54, 1.807) is 6.92 Å². The van der Waals surface area contributed by atoms with Gasteiger partial charge in [-0.15, -0.1) is 0 Å². The number of nitrogens with zero attached hydrogens (tertiary/aromatic N) is 1. The Bertz CT molecular complexity index is 236. The Kier molecular flexibility index (Phi) is 6.43. The summed E-state index contributed by atoms with van der Waals surface area (Å²) < 4.78 is 5.06. The summed E-state index contributed by atoms with van der Waals surface area (Å²) in [6, 6.07) is -0.719. The molecule has 7 nitrogen and oxygen atoms in total. The average Bonchev–Trinajstić information content (AvgIpc) is 2.20. The number of primary amides is 1. The first-order valence-corrected chi connectivity index (χ1v) is 4.79. The third-order valence-corrected chi connectivity index (χ3v) is 1.96. The van der Waals surface area contributed by atoms with Gasteiger partial charge in [0, 0.05) is 13.3 Å². The number of hydrogen-bond acceptors (Lipinski definition) is 6. The number of nitroso groups, excluding NO2 is 1. The fourth-order valence-electron chi connectivity index (χ4n) is 1.32. The van der Waals surface area contributed by atoms with Crippen LogP contribution in [0, 0.1) is 4.91 Å². The van der Waals surface area contributed by atoms with E-state index in [1.807, 2.05) is 0 Å². The molecule has 1 fully saturated rings. The summed E-state index contributed by atoms with van der Waals surface area (Å²) in [5.41, 5.74) is 4.47. The molecule has 16 heavy (non-hydrogen) atoms. The monoisotopic (exact) mass is 232 g/mol. The smallest absolute Gasteiger partial charge is 0.214 e. The van der Waals surface area contributed by atoms with E-state index in [-0.39, 0.29) is 12.0 Å². The molecule has 1 heterocycles. The van der Waals surface area contributed by atoms with Gasteiger partial charge in [-0.25, -0.2) is 0 Å². The maximum atomic E-state index is 10.3. The molecule has 0 saturated carbocycles. The summed E-state index contributed by atoms with van der Waals surface area (Å²) in [6.45, 7) is 3.04. The number of rotatable bonds is 2. The lowest BCUT2D eigenvalue weighted by Crippen LogP contribution is -2.47. The van der Waals surface area contributed by atoms with E-state index in [0.29, 0.717) is 12.7 Å². The van der Waals surface area contributed by atoms with Crippen molar-refractivity contribution in [1.82, 2.24) is 0 Å². The highest BCUT2D eigenvalue weighted by Gasteiger charge is 2.36. The number of carbonyl (C=O) groups is 2. The van der Waals surface area contributed by atoms with Crippen LogP contribution in [0.5, 0.6) is 0 Å². The molecule has 1 unspecified atom stereocenters. The number of aliphatic hydroxyl groups is 1. The van der Waals surface area contributed by atoms with Crippen LogP contribution in [0.4, 0.5) is 0 Å². The van der Waals surface area contributed by atoms with E-state index in [9.17, 15) is 19.6 Å². The molecular formula is C9H16N2O5. The number of aldehydes is 1. The van der Waals surface area contributed by atoms with Crippen LogP contribution >= 0.6 is 0 Å². The van der Waals surface area contributed by atoms with Crippen molar-refractivity contribution in [3.63, 3.8) is 0 Å². The lowest BCUT2D eigenvalue weighted by atomic mass is 9.97. The minimum atomic E-state index is -1.09. The molecule has 1 saturated heterocycles. The molecule has 0 aliphatic carbocycles. The van der Waals surface area contributed by atoms with Crippen LogP contribution in [0.1, 0.15) is 20.3 Å². The van der Waals surface area contributed by atoms with Crippen molar-refractivity contribution in [2.75, 3.05) is 0 Å². The lowest BCUT2D eigenvalue weighted by molar-refractivity contribution is -0.144. The quantitative estimate of drug-likeness (QED) is 0.484. The summed E-state index contributed by atoms with van der Waals surface area (Å²) in [7, 11) is 0. The number of hydrogen-bond donors (Lipinski definition) is 2. The molecule has 0 bridgehead atoms. The zero-order valence-corrected chi connectivity index (χ0v) is 9.20. The third-order valence-electron chi connectivity index (χ3n) is 1.96. The Balaban J connectivity index is 0.000000487. The van der Waals surface area contributed by atoms with Crippen LogP contribution in [0.25, 0.3) is 0 Å². The predicted octanol–water partition coefficient (Wildman–Crippen LogP) is -0.650. The van der Waals surface area contributed by atoms with Gasteiger partial charge in [-0.2, -0.15) is 4.91 Å². The third kappa shape index (κ3) is 4.94. The highest BCUT2D eigenvalue weighted by atomic mass is 16.5. The molecule has 1 rings (SSSR count). The van der Waals surface area contributed by atoms with Crippen molar-refractivity contribution in [3.05, 3.63) is 4.91 Å². The van der Waals surface area contributed by atoms with E-state index >= 15 is 0 Å². The van der Waals surface area contributed by atoms with Crippen molar-refractivity contribution in [2.24, 2.45) is 10.9 Å². The molecule has 1 aliphatic rings. The van der Waals surface area contributed by atoms with Gasteiger partial charge in [-0.05, 0) is 6.92 Å². The predicted molar refractivity (Wildman–Crippen MR) is 55.5 cm³/mol. The van der Waals surface area contributed by atoms with Gasteiger partial charge in [0.15, 0.2) is 6.29 Å². The van der Waals surface area contributed by atoms with E-state index < -0.39 is 18.2 Å². The second-order valence-corrected chi connectivity index (χ2v) is 3.56. The molecule has 4 atom stereocenters. The highest BCUT2D eigenvalue weighted by Crippen LogP contribution is 2.21. The van der Waals surface area contributed by atoms with Gasteiger partial charge < -0.3 is 20.4 Å². The van der Waals surface area contributed by atoms with E-state index in [1.165, 1.54) is 6.92 Å². The van der Waals surface area contributed by atoms with Gasteiger partial charge in [-0.3, -0.25) is 4.79 Å². The first-order valence-electron chi connectivity index (χ1n) is 4.79. The largest absolute Gasteiger partial charge is 0.388 e. The Morgan fingerprint density at radius 2 is 2.12 bits per heavy atom. The van der Waals surface area contributed by atoms with E-state index in [4.69, 9.17) is 4.74 Å². The molecular weight excluding hydrogens is 216 g/mol. The fourth-order valence-corrected chi connectivity index (χ4v) is 1.32. The SMILES string of the molecule is CC(N)=O.CC1C[C@@H](N=O)[C@@H](O)[C@@H](C=O)O1. The van der Waals surface area contributed by atoms with Crippen LogP contribution in [-0.2, 0) is 14.3 Å². The van der Waals surface area contributed by atoms with Gasteiger partial charge in [0.1, 0.15) is 18.2 Å². The van der Waals surface area contributed by atoms with Crippen molar-refractivity contribution in [2.45, 2.75) is 44.6 Å². The van der Waals surface area contributed by atoms with Crippen molar-refractivity contribution < 1.29 is 19.4 Å². The summed E-state index contributed by atoms with van der Waals surface area (Å²) >= 11 is 0. The normalized spacial score (nSPS) is 33.2. The topological polar surface area (TPSA) is 119 Å². The number of amides is 1. The summed E-state index contributed by atoms with van der Waals surface area (Å²) in [6.07, 6.45) is -1.33. The maximum absolute atomic E-state index is 10.3. The molecule has 92 valence electrons. The first kappa shape index (κ1) is 14.7. The number of nitrogens with two attached hydrogens (primary N) is 1. The van der Waals surface area contributed by atoms with Crippen LogP contribution in [0.3, 0.4) is 0 Å². The Labute approximate surface area is 92.9 Å². The molecule has 0 aromatic heterocycles. The second kappa shape index (κ2) is 7.02. The number of carbonyl (C=O) groups excluding carboxylic acids is 2. The van der Waals surface area contributed by atoms with Crippen LogP contribution in [0.2, 0.25) is 0 Å². The molecule has 0 spiro atoms. The zero-order chi connectivity index (χ0) is 12.7. The Hall–Kier alpha value is -1.34. The molecule has 1 amide bonds. The fraction of sp³-hybridized carbons (Fsp3) is 0.778. The van der Waals surface area contributed by atoms with Crippen molar-refractivity contribution in [3.8, 4) is 0 Å². The number of ether oxygens (including phenoxy) is 1. The lowest BCUT2D eigenvalue weighted by Gasteiger charge is -2.31. The summed E-state index contributed by atoms with van der Waals surface area (Å²) in [5.74, 6) is -0.333. The molecule has 0 aromatic carbocycles. The van der Waals surface area contributed by atoms with Crippen LogP contribution < -0.4 is 5.73 Å². The van der Waals surface area contributed by atoms with Crippen LogP contribution in [0.15, 0.2) is 5.18 Å². The molecule has 1 aliphatic heterocycles. The summed E-state index contributed by atoms with van der Waals surface area (Å²) in [5, 5.41) is 12.0. The summed E-state index contributed by atoms with van der Waals surface area (Å²) in [4.78, 5) is 29.8. The molecule has 0 radical (unpaired) electrons. The second-order valence-electron chi connectivity index (χ2n) is 3.56. The maximum Gasteiger partial charge on any atom is 0.214 e. The van der Waals surface area contributed by atoms with Gasteiger partial charge in [0.05, 0.1) is 6.10 Å². The van der Waals surface area contributed by atoms with Gasteiger partial charge >= 0.3 is 0 Å². The highest BCUT2D eigenvalue weighted by molar-refractivity contribution is 5.70. The minimum Gasteiger partial charge on any atom is -0.388 e.